The second kappa shape index (κ2) is 5.30. The Balaban J connectivity index is 2.18. The fraction of sp³-hybridized carbons (Fsp3) is 0.235. The summed E-state index contributed by atoms with van der Waals surface area (Å²) >= 11 is 0. The fourth-order valence-electron chi connectivity index (χ4n) is 2.94. The smallest absolute Gasteiger partial charge is 0.267 e. The van der Waals surface area contributed by atoms with Gasteiger partial charge < -0.3 is 0 Å². The van der Waals surface area contributed by atoms with Crippen LogP contribution in [0.25, 0.3) is 0 Å². The molecule has 1 aromatic carbocycles. The molecule has 0 spiro atoms. The highest BCUT2D eigenvalue weighted by Crippen LogP contribution is 2.37. The summed E-state index contributed by atoms with van der Waals surface area (Å²) < 4.78 is 41.3. The molecule has 1 amide bonds. The van der Waals surface area contributed by atoms with Gasteiger partial charge in [-0.25, -0.2) is 5.01 Å². The number of hydrogen-bond acceptors (Lipinski definition) is 1. The minimum atomic E-state index is -4.49. The van der Waals surface area contributed by atoms with Gasteiger partial charge in [-0.05, 0) is 36.8 Å². The van der Waals surface area contributed by atoms with Crippen molar-refractivity contribution in [3.63, 3.8) is 0 Å². The van der Waals surface area contributed by atoms with Crippen LogP contribution in [0.1, 0.15) is 28.4 Å². The third-order valence-electron chi connectivity index (χ3n) is 4.02. The van der Waals surface area contributed by atoms with E-state index in [2.05, 4.69) is 6.58 Å². The van der Waals surface area contributed by atoms with E-state index in [9.17, 15) is 18.0 Å². The van der Waals surface area contributed by atoms with E-state index in [-0.39, 0.29) is 17.5 Å². The molecule has 3 nitrogen and oxygen atoms in total. The van der Waals surface area contributed by atoms with Crippen LogP contribution < -0.4 is 5.01 Å². The van der Waals surface area contributed by atoms with Gasteiger partial charge >= 0.3 is 6.18 Å². The van der Waals surface area contributed by atoms with E-state index in [1.807, 2.05) is 0 Å². The Morgan fingerprint density at radius 2 is 1.87 bits per heavy atom. The van der Waals surface area contributed by atoms with Crippen molar-refractivity contribution in [3.8, 4) is 0 Å². The van der Waals surface area contributed by atoms with Crippen molar-refractivity contribution in [3.05, 3.63) is 71.6 Å². The Bertz CT molecular complexity index is 763. The number of hydrogen-bond donors (Lipinski definition) is 0. The van der Waals surface area contributed by atoms with Gasteiger partial charge in [-0.1, -0.05) is 18.2 Å². The highest BCUT2D eigenvalue weighted by atomic mass is 19.4. The van der Waals surface area contributed by atoms with Crippen LogP contribution in [0, 0.1) is 0 Å². The van der Waals surface area contributed by atoms with E-state index in [1.165, 1.54) is 17.1 Å². The molecule has 0 N–H and O–H groups in total. The van der Waals surface area contributed by atoms with Crippen molar-refractivity contribution in [1.82, 2.24) is 4.68 Å². The Hall–Kier alpha value is -2.50. The number of aromatic nitrogens is 1. The number of nitrogens with zero attached hydrogens (tertiary/aromatic N) is 2. The van der Waals surface area contributed by atoms with Crippen molar-refractivity contribution < 1.29 is 18.0 Å². The molecule has 2 aromatic rings. The van der Waals surface area contributed by atoms with Crippen LogP contribution in [-0.2, 0) is 12.6 Å². The largest absolute Gasteiger partial charge is 0.416 e. The maximum Gasteiger partial charge on any atom is 0.416 e. The quantitative estimate of drug-likeness (QED) is 0.773. The van der Waals surface area contributed by atoms with Gasteiger partial charge in [0.15, 0.2) is 0 Å². The number of amides is 1. The lowest BCUT2D eigenvalue weighted by Gasteiger charge is -2.38. The summed E-state index contributed by atoms with van der Waals surface area (Å²) in [6.07, 6.45) is -1.02. The third-order valence-corrected chi connectivity index (χ3v) is 4.02. The Morgan fingerprint density at radius 1 is 1.22 bits per heavy atom. The summed E-state index contributed by atoms with van der Waals surface area (Å²) in [6.45, 7) is 5.57. The lowest BCUT2D eigenvalue weighted by molar-refractivity contribution is -0.138. The molecule has 1 aromatic heterocycles. The van der Waals surface area contributed by atoms with Crippen molar-refractivity contribution in [2.75, 3.05) is 5.01 Å². The van der Waals surface area contributed by atoms with Crippen molar-refractivity contribution in [2.45, 2.75) is 25.6 Å². The molecule has 1 atom stereocenters. The van der Waals surface area contributed by atoms with E-state index < -0.39 is 23.7 Å². The van der Waals surface area contributed by atoms with Crippen molar-refractivity contribution in [2.24, 2.45) is 0 Å². The molecule has 2 heterocycles. The van der Waals surface area contributed by atoms with Gasteiger partial charge in [0.25, 0.3) is 5.91 Å². The molecular weight excluding hydrogens is 305 g/mol. The van der Waals surface area contributed by atoms with Crippen LogP contribution in [0.4, 0.5) is 13.2 Å². The summed E-state index contributed by atoms with van der Waals surface area (Å²) in [4.78, 5) is 12.8. The predicted octanol–water partition coefficient (Wildman–Crippen LogP) is 3.79. The monoisotopic (exact) mass is 320 g/mol. The Kier molecular flexibility index (Phi) is 3.55. The predicted molar refractivity (Wildman–Crippen MR) is 80.7 cm³/mol. The molecule has 0 radical (unpaired) electrons. The third kappa shape index (κ3) is 2.54. The van der Waals surface area contributed by atoms with E-state index in [0.717, 1.165) is 6.07 Å². The molecule has 1 aliphatic heterocycles. The minimum absolute atomic E-state index is 0.0430. The van der Waals surface area contributed by atoms with Gasteiger partial charge in [0.05, 0.1) is 11.6 Å². The van der Waals surface area contributed by atoms with Gasteiger partial charge in [-0.3, -0.25) is 9.47 Å². The van der Waals surface area contributed by atoms with E-state index >= 15 is 0 Å². The number of carbonyl (C=O) groups is 1. The van der Waals surface area contributed by atoms with Crippen LogP contribution in [0.5, 0.6) is 0 Å². The first-order chi connectivity index (χ1) is 10.8. The average Bonchev–Trinajstić information content (AvgIpc) is 2.99. The van der Waals surface area contributed by atoms with Gasteiger partial charge in [0.1, 0.15) is 0 Å². The highest BCUT2D eigenvalue weighted by Gasteiger charge is 2.41. The van der Waals surface area contributed by atoms with E-state index in [1.54, 1.807) is 36.1 Å². The van der Waals surface area contributed by atoms with E-state index in [0.29, 0.717) is 5.57 Å². The second-order valence-corrected chi connectivity index (χ2v) is 5.61. The standard InChI is InChI=1S/C17H15F3N2O/c1-11(2)15-10-13-12(6-5-7-14(13)17(18,19)20)16(23)22(15)21-8-3-4-9-21/h3-9,15H,1,10H2,2H3/t15-/m1/s1. The first kappa shape index (κ1) is 15.4. The summed E-state index contributed by atoms with van der Waals surface area (Å²) in [5.41, 5.74) is 0.0175. The van der Waals surface area contributed by atoms with Gasteiger partial charge in [0.2, 0.25) is 0 Å². The normalized spacial score (nSPS) is 18.0. The molecule has 0 aliphatic carbocycles. The summed E-state index contributed by atoms with van der Waals surface area (Å²) in [6, 6.07) is 6.72. The van der Waals surface area contributed by atoms with Crippen molar-refractivity contribution in [1.29, 1.82) is 0 Å². The lowest BCUT2D eigenvalue weighted by atomic mass is 9.88. The molecule has 0 bridgehead atoms. The van der Waals surface area contributed by atoms with Gasteiger partial charge in [-0.2, -0.15) is 13.2 Å². The Morgan fingerprint density at radius 3 is 2.43 bits per heavy atom. The zero-order valence-corrected chi connectivity index (χ0v) is 12.5. The fourth-order valence-corrected chi connectivity index (χ4v) is 2.94. The van der Waals surface area contributed by atoms with Gasteiger partial charge in [-0.15, -0.1) is 0 Å². The van der Waals surface area contributed by atoms with Crippen LogP contribution in [0.2, 0.25) is 0 Å². The van der Waals surface area contributed by atoms with Crippen molar-refractivity contribution >= 4 is 5.91 Å². The van der Waals surface area contributed by atoms with Crippen LogP contribution in [0.15, 0.2) is 54.9 Å². The second-order valence-electron chi connectivity index (χ2n) is 5.61. The number of benzene rings is 1. The molecule has 1 aliphatic rings. The highest BCUT2D eigenvalue weighted by molar-refractivity contribution is 6.05. The molecule has 0 fully saturated rings. The molecule has 0 saturated carbocycles. The number of rotatable bonds is 2. The summed E-state index contributed by atoms with van der Waals surface area (Å²) in [5, 5.41) is 1.45. The Labute approximate surface area is 131 Å². The topological polar surface area (TPSA) is 25.2 Å². The zero-order valence-electron chi connectivity index (χ0n) is 12.5. The molecular formula is C17H15F3N2O. The number of carbonyl (C=O) groups excluding carboxylic acids is 1. The maximum absolute atomic E-state index is 13.2. The zero-order chi connectivity index (χ0) is 16.8. The average molecular weight is 320 g/mol. The van der Waals surface area contributed by atoms with Gasteiger partial charge in [0, 0.05) is 24.4 Å². The van der Waals surface area contributed by atoms with Crippen LogP contribution in [-0.4, -0.2) is 16.6 Å². The number of alkyl halides is 3. The van der Waals surface area contributed by atoms with Crippen LogP contribution in [0.3, 0.4) is 0 Å². The summed E-state index contributed by atoms with van der Waals surface area (Å²) in [7, 11) is 0. The van der Waals surface area contributed by atoms with Crippen LogP contribution >= 0.6 is 0 Å². The van der Waals surface area contributed by atoms with E-state index in [4.69, 9.17) is 0 Å². The summed E-state index contributed by atoms with van der Waals surface area (Å²) in [5.74, 6) is -0.457. The SMILES string of the molecule is C=C(C)[C@H]1Cc2c(cccc2C(F)(F)F)C(=O)N1n1cccc1. The lowest BCUT2D eigenvalue weighted by Crippen LogP contribution is -2.52. The number of fused-ring (bicyclic) bond motifs is 1. The number of halogens is 3. The first-order valence-corrected chi connectivity index (χ1v) is 7.12. The molecule has 3 rings (SSSR count). The molecule has 120 valence electrons. The molecule has 0 saturated heterocycles. The minimum Gasteiger partial charge on any atom is -0.267 e. The first-order valence-electron chi connectivity index (χ1n) is 7.12. The molecule has 0 unspecified atom stereocenters. The molecule has 23 heavy (non-hydrogen) atoms. The maximum atomic E-state index is 13.2. The molecule has 6 heteroatoms.